The average Bonchev–Trinajstić information content (AvgIpc) is 2.07. The summed E-state index contributed by atoms with van der Waals surface area (Å²) in [6.45, 7) is 4.31. The molecule has 1 atom stereocenters. The summed E-state index contributed by atoms with van der Waals surface area (Å²) in [7, 11) is 1.67. The first-order valence-corrected chi connectivity index (χ1v) is 4.43. The van der Waals surface area contributed by atoms with Crippen molar-refractivity contribution in [2.75, 3.05) is 13.7 Å². The van der Waals surface area contributed by atoms with Crippen LogP contribution in [0, 0.1) is 0 Å². The molecule has 0 saturated heterocycles. The SMILES string of the molecule is CCOC(=O)CCC(CC)OC. The molecule has 0 aliphatic carbocycles. The Morgan fingerprint density at radius 3 is 2.50 bits per heavy atom. The molecule has 0 spiro atoms. The van der Waals surface area contributed by atoms with Crippen molar-refractivity contribution in [3.8, 4) is 0 Å². The Morgan fingerprint density at radius 1 is 1.42 bits per heavy atom. The molecule has 0 fully saturated rings. The average molecular weight is 174 g/mol. The van der Waals surface area contributed by atoms with Gasteiger partial charge >= 0.3 is 5.97 Å². The minimum absolute atomic E-state index is 0.131. The molecule has 72 valence electrons. The van der Waals surface area contributed by atoms with E-state index >= 15 is 0 Å². The quantitative estimate of drug-likeness (QED) is 0.575. The van der Waals surface area contributed by atoms with Crippen LogP contribution >= 0.6 is 0 Å². The fraction of sp³-hybridized carbons (Fsp3) is 0.889. The van der Waals surface area contributed by atoms with Gasteiger partial charge < -0.3 is 9.47 Å². The lowest BCUT2D eigenvalue weighted by atomic mass is 10.1. The maximum Gasteiger partial charge on any atom is 0.305 e. The summed E-state index contributed by atoms with van der Waals surface area (Å²) in [6.07, 6.45) is 2.34. The topological polar surface area (TPSA) is 35.5 Å². The van der Waals surface area contributed by atoms with Crippen LogP contribution in [0.1, 0.15) is 33.1 Å². The van der Waals surface area contributed by atoms with Gasteiger partial charge in [0, 0.05) is 13.5 Å². The van der Waals surface area contributed by atoms with Gasteiger partial charge in [-0.2, -0.15) is 0 Å². The molecule has 0 amide bonds. The van der Waals surface area contributed by atoms with Gasteiger partial charge in [0.2, 0.25) is 0 Å². The molecule has 3 heteroatoms. The number of hydrogen-bond donors (Lipinski definition) is 0. The van der Waals surface area contributed by atoms with Crippen LogP contribution in [0.4, 0.5) is 0 Å². The Bertz CT molecular complexity index is 119. The third-order valence-corrected chi connectivity index (χ3v) is 1.76. The highest BCUT2D eigenvalue weighted by Crippen LogP contribution is 2.05. The normalized spacial score (nSPS) is 12.6. The Balaban J connectivity index is 3.44. The summed E-state index contributed by atoms with van der Waals surface area (Å²) >= 11 is 0. The van der Waals surface area contributed by atoms with Gasteiger partial charge in [-0.1, -0.05) is 6.92 Å². The summed E-state index contributed by atoms with van der Waals surface area (Å²) in [6, 6.07) is 0. The molecule has 0 radical (unpaired) electrons. The third kappa shape index (κ3) is 5.13. The molecule has 1 unspecified atom stereocenters. The standard InChI is InChI=1S/C9H18O3/c1-4-8(11-3)6-7-9(10)12-5-2/h8H,4-7H2,1-3H3. The molecule has 0 aliphatic heterocycles. The molecule has 12 heavy (non-hydrogen) atoms. The fourth-order valence-corrected chi connectivity index (χ4v) is 1.00. The van der Waals surface area contributed by atoms with E-state index in [1.165, 1.54) is 0 Å². The van der Waals surface area contributed by atoms with E-state index in [0.717, 1.165) is 12.8 Å². The van der Waals surface area contributed by atoms with Gasteiger partial charge in [-0.25, -0.2) is 0 Å². The van der Waals surface area contributed by atoms with Crippen molar-refractivity contribution >= 4 is 5.97 Å². The van der Waals surface area contributed by atoms with E-state index in [9.17, 15) is 4.79 Å². The number of carbonyl (C=O) groups excluding carboxylic acids is 1. The van der Waals surface area contributed by atoms with Crippen LogP contribution in [0.5, 0.6) is 0 Å². The van der Waals surface area contributed by atoms with Crippen LogP contribution < -0.4 is 0 Å². The smallest absolute Gasteiger partial charge is 0.305 e. The van der Waals surface area contributed by atoms with Crippen molar-refractivity contribution in [2.45, 2.75) is 39.2 Å². The van der Waals surface area contributed by atoms with E-state index in [0.29, 0.717) is 13.0 Å². The molecule has 3 nitrogen and oxygen atoms in total. The highest BCUT2D eigenvalue weighted by atomic mass is 16.5. The molecule has 0 aromatic carbocycles. The molecule has 0 bridgehead atoms. The minimum atomic E-state index is -0.131. The molecular weight excluding hydrogens is 156 g/mol. The van der Waals surface area contributed by atoms with Crippen LogP contribution in [-0.4, -0.2) is 25.8 Å². The first-order chi connectivity index (χ1) is 5.74. The second kappa shape index (κ2) is 7.10. The van der Waals surface area contributed by atoms with Crippen LogP contribution in [0.15, 0.2) is 0 Å². The lowest BCUT2D eigenvalue weighted by molar-refractivity contribution is -0.143. The zero-order chi connectivity index (χ0) is 9.40. The molecule has 0 aliphatic rings. The minimum Gasteiger partial charge on any atom is -0.466 e. The lowest BCUT2D eigenvalue weighted by Crippen LogP contribution is -2.13. The van der Waals surface area contributed by atoms with E-state index in [1.54, 1.807) is 7.11 Å². The Hall–Kier alpha value is -0.570. The van der Waals surface area contributed by atoms with E-state index in [2.05, 4.69) is 0 Å². The van der Waals surface area contributed by atoms with Crippen molar-refractivity contribution < 1.29 is 14.3 Å². The fourth-order valence-electron chi connectivity index (χ4n) is 1.00. The number of rotatable bonds is 6. The highest BCUT2D eigenvalue weighted by Gasteiger charge is 2.08. The number of methoxy groups -OCH3 is 1. The molecule has 0 heterocycles. The van der Waals surface area contributed by atoms with Gasteiger partial charge in [0.05, 0.1) is 12.7 Å². The number of esters is 1. The first kappa shape index (κ1) is 11.4. The molecule has 0 saturated carbocycles. The second-order valence-electron chi connectivity index (χ2n) is 2.61. The van der Waals surface area contributed by atoms with Gasteiger partial charge in [0.1, 0.15) is 0 Å². The van der Waals surface area contributed by atoms with Gasteiger partial charge in [0.15, 0.2) is 0 Å². The summed E-state index contributed by atoms with van der Waals surface area (Å²) < 4.78 is 9.91. The Labute approximate surface area is 74.0 Å². The van der Waals surface area contributed by atoms with Crippen molar-refractivity contribution in [1.29, 1.82) is 0 Å². The maximum atomic E-state index is 10.9. The first-order valence-electron chi connectivity index (χ1n) is 4.43. The van der Waals surface area contributed by atoms with E-state index in [-0.39, 0.29) is 12.1 Å². The zero-order valence-electron chi connectivity index (χ0n) is 8.13. The van der Waals surface area contributed by atoms with Crippen LogP contribution in [0.3, 0.4) is 0 Å². The van der Waals surface area contributed by atoms with Gasteiger partial charge in [-0.3, -0.25) is 4.79 Å². The summed E-state index contributed by atoms with van der Waals surface area (Å²) in [5, 5.41) is 0. The van der Waals surface area contributed by atoms with E-state index in [1.807, 2.05) is 13.8 Å². The molecular formula is C9H18O3. The van der Waals surface area contributed by atoms with E-state index < -0.39 is 0 Å². The summed E-state index contributed by atoms with van der Waals surface area (Å²) in [5.74, 6) is -0.131. The van der Waals surface area contributed by atoms with Crippen molar-refractivity contribution in [1.82, 2.24) is 0 Å². The maximum absolute atomic E-state index is 10.9. The van der Waals surface area contributed by atoms with Crippen molar-refractivity contribution in [3.63, 3.8) is 0 Å². The highest BCUT2D eigenvalue weighted by molar-refractivity contribution is 5.69. The van der Waals surface area contributed by atoms with Crippen LogP contribution in [0.25, 0.3) is 0 Å². The predicted molar refractivity (Wildman–Crippen MR) is 47.0 cm³/mol. The summed E-state index contributed by atoms with van der Waals surface area (Å²) in [5.41, 5.74) is 0. The Kier molecular flexibility index (Phi) is 6.76. The molecule has 0 aromatic heterocycles. The number of hydrogen-bond acceptors (Lipinski definition) is 3. The van der Waals surface area contributed by atoms with Crippen molar-refractivity contribution in [2.24, 2.45) is 0 Å². The lowest BCUT2D eigenvalue weighted by Gasteiger charge is -2.11. The predicted octanol–water partition coefficient (Wildman–Crippen LogP) is 1.75. The number of ether oxygens (including phenoxy) is 2. The van der Waals surface area contributed by atoms with E-state index in [4.69, 9.17) is 9.47 Å². The summed E-state index contributed by atoms with van der Waals surface area (Å²) in [4.78, 5) is 10.9. The van der Waals surface area contributed by atoms with Gasteiger partial charge in [0.25, 0.3) is 0 Å². The molecule has 0 rings (SSSR count). The van der Waals surface area contributed by atoms with Gasteiger partial charge in [-0.05, 0) is 19.8 Å². The van der Waals surface area contributed by atoms with Gasteiger partial charge in [-0.15, -0.1) is 0 Å². The second-order valence-corrected chi connectivity index (χ2v) is 2.61. The molecule has 0 aromatic rings. The Morgan fingerprint density at radius 2 is 2.08 bits per heavy atom. The van der Waals surface area contributed by atoms with Crippen molar-refractivity contribution in [3.05, 3.63) is 0 Å². The third-order valence-electron chi connectivity index (χ3n) is 1.76. The zero-order valence-corrected chi connectivity index (χ0v) is 8.13. The van der Waals surface area contributed by atoms with Crippen LogP contribution in [0.2, 0.25) is 0 Å². The van der Waals surface area contributed by atoms with Crippen LogP contribution in [-0.2, 0) is 14.3 Å². The number of carbonyl (C=O) groups is 1. The molecule has 0 N–H and O–H groups in total. The largest absolute Gasteiger partial charge is 0.466 e. The monoisotopic (exact) mass is 174 g/mol.